The monoisotopic (exact) mass is 225 g/mol. The van der Waals surface area contributed by atoms with Crippen molar-refractivity contribution < 1.29 is 0 Å². The van der Waals surface area contributed by atoms with Crippen LogP contribution in [0.25, 0.3) is 0 Å². The summed E-state index contributed by atoms with van der Waals surface area (Å²) in [5, 5.41) is 3.43. The van der Waals surface area contributed by atoms with Crippen LogP contribution in [0.2, 0.25) is 0 Å². The van der Waals surface area contributed by atoms with Gasteiger partial charge in [-0.15, -0.1) is 0 Å². The van der Waals surface area contributed by atoms with Crippen molar-refractivity contribution >= 4 is 0 Å². The molecule has 2 fully saturated rings. The van der Waals surface area contributed by atoms with E-state index in [1.54, 1.807) is 0 Å². The van der Waals surface area contributed by atoms with Crippen LogP contribution in [-0.2, 0) is 0 Å². The summed E-state index contributed by atoms with van der Waals surface area (Å²) in [4.78, 5) is 5.26. The molecule has 2 aliphatic rings. The third-order valence-corrected chi connectivity index (χ3v) is 4.25. The Bertz CT molecular complexity index is 207. The molecule has 1 N–H and O–H groups in total. The molecule has 0 spiro atoms. The largest absolute Gasteiger partial charge is 0.316 e. The lowest BCUT2D eigenvalue weighted by molar-refractivity contribution is 0.169. The summed E-state index contributed by atoms with van der Waals surface area (Å²) in [5.74, 6) is 0.926. The van der Waals surface area contributed by atoms with E-state index in [0.29, 0.717) is 0 Å². The molecule has 0 saturated carbocycles. The van der Waals surface area contributed by atoms with Crippen molar-refractivity contribution in [2.75, 3.05) is 46.3 Å². The van der Waals surface area contributed by atoms with Gasteiger partial charge in [-0.25, -0.2) is 0 Å². The number of hydrogen-bond donors (Lipinski definition) is 1. The summed E-state index contributed by atoms with van der Waals surface area (Å²) >= 11 is 0. The van der Waals surface area contributed by atoms with Crippen molar-refractivity contribution in [2.45, 2.75) is 32.2 Å². The zero-order valence-corrected chi connectivity index (χ0v) is 10.9. The molecular weight excluding hydrogens is 198 g/mol. The SMILES string of the molecule is CCN1CCC(CN2CCCC(NC)C2)C1. The minimum Gasteiger partial charge on any atom is -0.316 e. The number of hydrogen-bond acceptors (Lipinski definition) is 3. The first-order valence-electron chi connectivity index (χ1n) is 6.93. The Morgan fingerprint density at radius 1 is 1.12 bits per heavy atom. The molecule has 3 nitrogen and oxygen atoms in total. The van der Waals surface area contributed by atoms with Gasteiger partial charge < -0.3 is 15.1 Å². The van der Waals surface area contributed by atoms with Crippen LogP contribution in [-0.4, -0.2) is 62.2 Å². The van der Waals surface area contributed by atoms with Gasteiger partial charge in [0.2, 0.25) is 0 Å². The average molecular weight is 225 g/mol. The molecule has 2 aliphatic heterocycles. The predicted molar refractivity (Wildman–Crippen MR) is 68.7 cm³/mol. The van der Waals surface area contributed by atoms with Crippen molar-refractivity contribution in [1.82, 2.24) is 15.1 Å². The van der Waals surface area contributed by atoms with Crippen molar-refractivity contribution in [2.24, 2.45) is 5.92 Å². The minimum atomic E-state index is 0.734. The second-order valence-electron chi connectivity index (χ2n) is 5.44. The lowest BCUT2D eigenvalue weighted by atomic mass is 10.0. The predicted octanol–water partition coefficient (Wildman–Crippen LogP) is 1.01. The van der Waals surface area contributed by atoms with Gasteiger partial charge in [-0.2, -0.15) is 0 Å². The van der Waals surface area contributed by atoms with Crippen molar-refractivity contribution in [3.63, 3.8) is 0 Å². The fourth-order valence-corrected chi connectivity index (χ4v) is 3.17. The van der Waals surface area contributed by atoms with E-state index < -0.39 is 0 Å². The highest BCUT2D eigenvalue weighted by Gasteiger charge is 2.25. The van der Waals surface area contributed by atoms with Crippen LogP contribution in [0, 0.1) is 5.92 Å². The van der Waals surface area contributed by atoms with Gasteiger partial charge in [0.1, 0.15) is 0 Å². The quantitative estimate of drug-likeness (QED) is 0.770. The Hall–Kier alpha value is -0.120. The first-order valence-corrected chi connectivity index (χ1v) is 6.93. The van der Waals surface area contributed by atoms with Crippen LogP contribution in [0.3, 0.4) is 0 Å². The highest BCUT2D eigenvalue weighted by Crippen LogP contribution is 2.19. The highest BCUT2D eigenvalue weighted by molar-refractivity contribution is 4.82. The van der Waals surface area contributed by atoms with E-state index in [0.717, 1.165) is 12.0 Å². The van der Waals surface area contributed by atoms with Crippen LogP contribution < -0.4 is 5.32 Å². The molecule has 2 saturated heterocycles. The Labute approximate surface area is 100 Å². The molecule has 2 heterocycles. The normalized spacial score (nSPS) is 33.4. The summed E-state index contributed by atoms with van der Waals surface area (Å²) in [6, 6.07) is 0.734. The lowest BCUT2D eigenvalue weighted by Crippen LogP contribution is -2.46. The molecule has 0 aromatic heterocycles. The van der Waals surface area contributed by atoms with Crippen LogP contribution in [0.15, 0.2) is 0 Å². The highest BCUT2D eigenvalue weighted by atomic mass is 15.2. The Morgan fingerprint density at radius 3 is 2.69 bits per heavy atom. The van der Waals surface area contributed by atoms with Gasteiger partial charge in [0.25, 0.3) is 0 Å². The van der Waals surface area contributed by atoms with Gasteiger partial charge in [0.05, 0.1) is 0 Å². The average Bonchev–Trinajstić information content (AvgIpc) is 2.77. The molecule has 0 aromatic carbocycles. The summed E-state index contributed by atoms with van der Waals surface area (Å²) < 4.78 is 0. The molecule has 16 heavy (non-hydrogen) atoms. The van der Waals surface area contributed by atoms with Crippen LogP contribution >= 0.6 is 0 Å². The summed E-state index contributed by atoms with van der Waals surface area (Å²) in [6.07, 6.45) is 4.14. The number of likely N-dealkylation sites (N-methyl/N-ethyl adjacent to an activating group) is 1. The molecular formula is C13H27N3. The molecule has 0 aliphatic carbocycles. The molecule has 2 atom stereocenters. The third kappa shape index (κ3) is 3.19. The Morgan fingerprint density at radius 2 is 2.00 bits per heavy atom. The maximum Gasteiger partial charge on any atom is 0.0192 e. The van der Waals surface area contributed by atoms with Crippen LogP contribution in [0.4, 0.5) is 0 Å². The maximum absolute atomic E-state index is 3.43. The summed E-state index contributed by atoms with van der Waals surface area (Å²) in [6.45, 7) is 10.1. The zero-order chi connectivity index (χ0) is 11.4. The van der Waals surface area contributed by atoms with Crippen molar-refractivity contribution in [3.05, 3.63) is 0 Å². The van der Waals surface area contributed by atoms with E-state index in [9.17, 15) is 0 Å². The van der Waals surface area contributed by atoms with Gasteiger partial charge in [-0.1, -0.05) is 6.92 Å². The topological polar surface area (TPSA) is 18.5 Å². The van der Waals surface area contributed by atoms with Crippen LogP contribution in [0.1, 0.15) is 26.2 Å². The molecule has 3 heteroatoms. The first-order chi connectivity index (χ1) is 7.81. The Kier molecular flexibility index (Phi) is 4.62. The number of rotatable bonds is 4. The van der Waals surface area contributed by atoms with Gasteiger partial charge in [-0.3, -0.25) is 0 Å². The standard InChI is InChI=1S/C13H27N3/c1-3-15-8-6-12(9-15)10-16-7-4-5-13(11-16)14-2/h12-14H,3-11H2,1-2H3. The van der Waals surface area contributed by atoms with E-state index in [1.807, 2.05) is 0 Å². The minimum absolute atomic E-state index is 0.734. The molecule has 94 valence electrons. The number of likely N-dealkylation sites (tertiary alicyclic amines) is 2. The molecule has 0 amide bonds. The van der Waals surface area contributed by atoms with Gasteiger partial charge >= 0.3 is 0 Å². The number of nitrogens with one attached hydrogen (secondary N) is 1. The molecule has 0 aromatic rings. The molecule has 2 unspecified atom stereocenters. The van der Waals surface area contributed by atoms with E-state index in [1.165, 1.54) is 58.5 Å². The lowest BCUT2D eigenvalue weighted by Gasteiger charge is -2.34. The first kappa shape index (κ1) is 12.3. The fraction of sp³-hybridized carbons (Fsp3) is 1.00. The Balaban J connectivity index is 1.73. The summed E-state index contributed by atoms with van der Waals surface area (Å²) in [7, 11) is 2.10. The van der Waals surface area contributed by atoms with Crippen LogP contribution in [0.5, 0.6) is 0 Å². The zero-order valence-electron chi connectivity index (χ0n) is 10.9. The maximum atomic E-state index is 3.43. The van der Waals surface area contributed by atoms with E-state index in [4.69, 9.17) is 0 Å². The van der Waals surface area contributed by atoms with Gasteiger partial charge in [-0.05, 0) is 51.9 Å². The van der Waals surface area contributed by atoms with Gasteiger partial charge in [0, 0.05) is 25.7 Å². The smallest absolute Gasteiger partial charge is 0.0192 e. The second kappa shape index (κ2) is 5.99. The molecule has 0 radical (unpaired) electrons. The van der Waals surface area contributed by atoms with Crippen molar-refractivity contribution in [1.29, 1.82) is 0 Å². The van der Waals surface area contributed by atoms with E-state index in [2.05, 4.69) is 29.1 Å². The number of piperidine rings is 1. The molecule has 2 rings (SSSR count). The number of nitrogens with zero attached hydrogens (tertiary/aromatic N) is 2. The van der Waals surface area contributed by atoms with Crippen molar-refractivity contribution in [3.8, 4) is 0 Å². The second-order valence-corrected chi connectivity index (χ2v) is 5.44. The summed E-state index contributed by atoms with van der Waals surface area (Å²) in [5.41, 5.74) is 0. The fourth-order valence-electron chi connectivity index (χ4n) is 3.17. The van der Waals surface area contributed by atoms with Gasteiger partial charge in [0.15, 0.2) is 0 Å². The van der Waals surface area contributed by atoms with E-state index >= 15 is 0 Å². The van der Waals surface area contributed by atoms with E-state index in [-0.39, 0.29) is 0 Å². The molecule has 0 bridgehead atoms. The third-order valence-electron chi connectivity index (χ3n) is 4.25.